The van der Waals surface area contributed by atoms with E-state index in [1.54, 1.807) is 0 Å². The zero-order valence-electron chi connectivity index (χ0n) is 14.0. The first-order valence-corrected chi connectivity index (χ1v) is 8.88. The Hall–Kier alpha value is -0.540. The lowest BCUT2D eigenvalue weighted by Crippen LogP contribution is -2.41. The Morgan fingerprint density at radius 3 is 2.71 bits per heavy atom. The monoisotopic (exact) mass is 311 g/mol. The van der Waals surface area contributed by atoms with Gasteiger partial charge in [0.05, 0.1) is 16.4 Å². The SMILES string of the molecule is CCCNC1CCC(C)CC1Cc1c(Cl)c(CC)nn1C. The van der Waals surface area contributed by atoms with Crippen molar-refractivity contribution in [2.75, 3.05) is 6.54 Å². The van der Waals surface area contributed by atoms with Gasteiger partial charge < -0.3 is 5.32 Å². The van der Waals surface area contributed by atoms with E-state index in [-0.39, 0.29) is 0 Å². The third kappa shape index (κ3) is 4.01. The summed E-state index contributed by atoms with van der Waals surface area (Å²) in [6, 6.07) is 0.636. The van der Waals surface area contributed by atoms with Gasteiger partial charge in [-0.05, 0) is 56.9 Å². The average molecular weight is 312 g/mol. The van der Waals surface area contributed by atoms with E-state index in [0.29, 0.717) is 12.0 Å². The minimum Gasteiger partial charge on any atom is -0.314 e. The summed E-state index contributed by atoms with van der Waals surface area (Å²) in [5.74, 6) is 1.50. The molecule has 0 radical (unpaired) electrons. The summed E-state index contributed by atoms with van der Waals surface area (Å²) >= 11 is 6.53. The lowest BCUT2D eigenvalue weighted by Gasteiger charge is -2.35. The molecule has 4 heteroatoms. The summed E-state index contributed by atoms with van der Waals surface area (Å²) in [6.07, 6.45) is 7.09. The van der Waals surface area contributed by atoms with Crippen molar-refractivity contribution in [3.8, 4) is 0 Å². The first kappa shape index (κ1) is 16.8. The van der Waals surface area contributed by atoms with Crippen LogP contribution in [0.5, 0.6) is 0 Å². The van der Waals surface area contributed by atoms with Gasteiger partial charge in [0.15, 0.2) is 0 Å². The maximum Gasteiger partial charge on any atom is 0.0849 e. The van der Waals surface area contributed by atoms with Crippen LogP contribution in [-0.4, -0.2) is 22.4 Å². The van der Waals surface area contributed by atoms with E-state index in [2.05, 4.69) is 31.2 Å². The van der Waals surface area contributed by atoms with Gasteiger partial charge in [-0.15, -0.1) is 0 Å². The second-order valence-corrected chi connectivity index (χ2v) is 7.01. The molecule has 3 atom stereocenters. The summed E-state index contributed by atoms with van der Waals surface area (Å²) in [4.78, 5) is 0. The number of halogens is 1. The maximum atomic E-state index is 6.53. The number of rotatable bonds is 6. The summed E-state index contributed by atoms with van der Waals surface area (Å²) in [7, 11) is 2.03. The average Bonchev–Trinajstić information content (AvgIpc) is 2.74. The molecule has 0 aliphatic heterocycles. The first-order valence-electron chi connectivity index (χ1n) is 8.50. The van der Waals surface area contributed by atoms with Crippen LogP contribution in [0.25, 0.3) is 0 Å². The van der Waals surface area contributed by atoms with Crippen LogP contribution in [0, 0.1) is 11.8 Å². The minimum atomic E-state index is 0.636. The van der Waals surface area contributed by atoms with Crippen LogP contribution in [0.2, 0.25) is 5.02 Å². The molecular formula is C17H30ClN3. The second kappa shape index (κ2) is 7.64. The van der Waals surface area contributed by atoms with Crippen molar-refractivity contribution in [2.45, 2.75) is 65.3 Å². The van der Waals surface area contributed by atoms with Crippen molar-refractivity contribution in [1.29, 1.82) is 0 Å². The smallest absolute Gasteiger partial charge is 0.0849 e. The Morgan fingerprint density at radius 2 is 2.10 bits per heavy atom. The van der Waals surface area contributed by atoms with Gasteiger partial charge in [0.2, 0.25) is 0 Å². The van der Waals surface area contributed by atoms with Gasteiger partial charge >= 0.3 is 0 Å². The van der Waals surface area contributed by atoms with Crippen molar-refractivity contribution in [3.63, 3.8) is 0 Å². The molecule has 3 nitrogen and oxygen atoms in total. The summed E-state index contributed by atoms with van der Waals surface area (Å²) in [5, 5.41) is 9.21. The fourth-order valence-electron chi connectivity index (χ4n) is 3.61. The van der Waals surface area contributed by atoms with Crippen molar-refractivity contribution in [1.82, 2.24) is 15.1 Å². The lowest BCUT2D eigenvalue weighted by atomic mass is 9.76. The molecule has 0 saturated heterocycles. The number of nitrogens with one attached hydrogen (secondary N) is 1. The molecule has 1 saturated carbocycles. The van der Waals surface area contributed by atoms with Crippen molar-refractivity contribution >= 4 is 11.6 Å². The molecular weight excluding hydrogens is 282 g/mol. The van der Waals surface area contributed by atoms with Crippen molar-refractivity contribution < 1.29 is 0 Å². The molecule has 2 rings (SSSR count). The topological polar surface area (TPSA) is 29.9 Å². The van der Waals surface area contributed by atoms with E-state index in [1.165, 1.54) is 31.4 Å². The van der Waals surface area contributed by atoms with Gasteiger partial charge in [0.25, 0.3) is 0 Å². The number of aryl methyl sites for hydroxylation is 2. The molecule has 1 aliphatic rings. The Balaban J connectivity index is 2.12. The van der Waals surface area contributed by atoms with E-state index in [1.807, 2.05) is 11.7 Å². The third-order valence-corrected chi connectivity index (χ3v) is 5.30. The predicted molar refractivity (Wildman–Crippen MR) is 89.9 cm³/mol. The number of nitrogens with zero attached hydrogens (tertiary/aromatic N) is 2. The molecule has 3 unspecified atom stereocenters. The molecule has 0 amide bonds. The van der Waals surface area contributed by atoms with Crippen LogP contribution in [0.4, 0.5) is 0 Å². The number of hydrogen-bond donors (Lipinski definition) is 1. The Labute approximate surface area is 134 Å². The highest BCUT2D eigenvalue weighted by Gasteiger charge is 2.30. The van der Waals surface area contributed by atoms with E-state index >= 15 is 0 Å². The summed E-state index contributed by atoms with van der Waals surface area (Å²) in [6.45, 7) is 7.85. The molecule has 0 aromatic carbocycles. The normalized spacial score (nSPS) is 26.2. The fraction of sp³-hybridized carbons (Fsp3) is 0.824. The number of hydrogen-bond acceptors (Lipinski definition) is 2. The molecule has 1 aromatic rings. The van der Waals surface area contributed by atoms with Crippen LogP contribution >= 0.6 is 11.6 Å². The molecule has 1 fully saturated rings. The molecule has 1 aliphatic carbocycles. The predicted octanol–water partition coefficient (Wildman–Crippen LogP) is 3.98. The fourth-order valence-corrected chi connectivity index (χ4v) is 3.98. The van der Waals surface area contributed by atoms with E-state index in [4.69, 9.17) is 11.6 Å². The van der Waals surface area contributed by atoms with Crippen LogP contribution in [0.1, 0.15) is 57.8 Å². The van der Waals surface area contributed by atoms with Gasteiger partial charge in [-0.25, -0.2) is 0 Å². The van der Waals surface area contributed by atoms with Crippen LogP contribution < -0.4 is 5.32 Å². The molecule has 0 bridgehead atoms. The van der Waals surface area contributed by atoms with Gasteiger partial charge in [0.1, 0.15) is 0 Å². The quantitative estimate of drug-likeness (QED) is 0.861. The highest BCUT2D eigenvalue weighted by Crippen LogP contribution is 2.33. The Bertz CT molecular complexity index is 453. The Morgan fingerprint density at radius 1 is 1.33 bits per heavy atom. The van der Waals surface area contributed by atoms with Crippen molar-refractivity contribution in [2.24, 2.45) is 18.9 Å². The van der Waals surface area contributed by atoms with E-state index < -0.39 is 0 Å². The molecule has 1 heterocycles. The molecule has 120 valence electrons. The highest BCUT2D eigenvalue weighted by molar-refractivity contribution is 6.31. The van der Waals surface area contributed by atoms with Gasteiger partial charge in [-0.3, -0.25) is 4.68 Å². The molecule has 1 N–H and O–H groups in total. The van der Waals surface area contributed by atoms with Crippen LogP contribution in [-0.2, 0) is 19.9 Å². The highest BCUT2D eigenvalue weighted by atomic mass is 35.5. The molecule has 1 aromatic heterocycles. The first-order chi connectivity index (χ1) is 10.1. The number of aromatic nitrogens is 2. The Kier molecular flexibility index (Phi) is 6.12. The maximum absolute atomic E-state index is 6.53. The minimum absolute atomic E-state index is 0.636. The van der Waals surface area contributed by atoms with Crippen molar-refractivity contribution in [3.05, 3.63) is 16.4 Å². The summed E-state index contributed by atoms with van der Waals surface area (Å²) in [5.41, 5.74) is 2.26. The standard InChI is InChI=1S/C17H30ClN3/c1-5-9-19-15-8-7-12(3)10-13(15)11-16-17(18)14(6-2)20-21(16)4/h12-13,15,19H,5-11H2,1-4H3. The lowest BCUT2D eigenvalue weighted by molar-refractivity contribution is 0.210. The van der Waals surface area contributed by atoms with Crippen LogP contribution in [0.3, 0.4) is 0 Å². The third-order valence-electron chi connectivity index (χ3n) is 4.86. The van der Waals surface area contributed by atoms with E-state index in [9.17, 15) is 0 Å². The molecule has 21 heavy (non-hydrogen) atoms. The molecule has 0 spiro atoms. The van der Waals surface area contributed by atoms with Crippen LogP contribution in [0.15, 0.2) is 0 Å². The zero-order valence-corrected chi connectivity index (χ0v) is 14.7. The summed E-state index contributed by atoms with van der Waals surface area (Å²) < 4.78 is 2.00. The van der Waals surface area contributed by atoms with Gasteiger partial charge in [-0.1, -0.05) is 32.4 Å². The van der Waals surface area contributed by atoms with E-state index in [0.717, 1.165) is 36.0 Å². The second-order valence-electron chi connectivity index (χ2n) is 6.63. The van der Waals surface area contributed by atoms with Gasteiger partial charge in [-0.2, -0.15) is 5.10 Å². The zero-order chi connectivity index (χ0) is 15.4. The largest absolute Gasteiger partial charge is 0.314 e. The van der Waals surface area contributed by atoms with Gasteiger partial charge in [0, 0.05) is 13.1 Å².